The third kappa shape index (κ3) is 4.58. The summed E-state index contributed by atoms with van der Waals surface area (Å²) in [5.41, 5.74) is 10.4. The molecule has 212 valence electrons. The molecule has 0 radical (unpaired) electrons. The summed E-state index contributed by atoms with van der Waals surface area (Å²) in [7, 11) is 0. The minimum Gasteiger partial charge on any atom is -0.208 e. The molecule has 0 saturated heterocycles. The number of hydrogen-bond donors (Lipinski definition) is 0. The normalized spacial score (nSPS) is 12.8. The molecule has 7 aromatic rings. The Balaban J connectivity index is 1.25. The maximum atomic E-state index is 9.58. The molecule has 1 heterocycles. The molecule has 1 aliphatic rings. The van der Waals surface area contributed by atoms with Gasteiger partial charge < -0.3 is 0 Å². The first kappa shape index (κ1) is 26.7. The zero-order valence-electron chi connectivity index (χ0n) is 25.0. The van der Waals surface area contributed by atoms with Crippen LogP contribution in [0.3, 0.4) is 0 Å². The molecule has 4 heteroatoms. The lowest BCUT2D eigenvalue weighted by Gasteiger charge is -2.21. The molecule has 0 fully saturated rings. The Kier molecular flexibility index (Phi) is 6.15. The van der Waals surface area contributed by atoms with Crippen molar-refractivity contribution in [2.24, 2.45) is 0 Å². The van der Waals surface area contributed by atoms with Crippen molar-refractivity contribution in [3.05, 3.63) is 150 Å². The fourth-order valence-corrected chi connectivity index (χ4v) is 6.54. The van der Waals surface area contributed by atoms with Crippen LogP contribution in [0.25, 0.3) is 67.2 Å². The molecule has 4 nitrogen and oxygen atoms in total. The number of nitrogens with zero attached hydrogens (tertiary/aromatic N) is 4. The summed E-state index contributed by atoms with van der Waals surface area (Å²) < 4.78 is 0. The quantitative estimate of drug-likeness (QED) is 0.209. The van der Waals surface area contributed by atoms with Crippen LogP contribution < -0.4 is 0 Å². The topological polar surface area (TPSA) is 62.5 Å². The molecule has 0 saturated carbocycles. The summed E-state index contributed by atoms with van der Waals surface area (Å²) in [6.07, 6.45) is 0. The number of nitriles is 1. The van der Waals surface area contributed by atoms with Crippen molar-refractivity contribution in [1.29, 1.82) is 5.26 Å². The first-order valence-corrected chi connectivity index (χ1v) is 15.1. The summed E-state index contributed by atoms with van der Waals surface area (Å²) >= 11 is 0. The molecular formula is C41H28N4. The van der Waals surface area contributed by atoms with Crippen molar-refractivity contribution in [3.63, 3.8) is 0 Å². The van der Waals surface area contributed by atoms with Gasteiger partial charge in [0.15, 0.2) is 17.5 Å². The van der Waals surface area contributed by atoms with Gasteiger partial charge in [0.05, 0.1) is 11.6 Å². The molecule has 1 aromatic heterocycles. The first-order valence-electron chi connectivity index (χ1n) is 15.1. The second kappa shape index (κ2) is 10.4. The van der Waals surface area contributed by atoms with Crippen molar-refractivity contribution in [2.75, 3.05) is 0 Å². The summed E-state index contributed by atoms with van der Waals surface area (Å²) in [4.78, 5) is 14.9. The van der Waals surface area contributed by atoms with Crippen LogP contribution in [0.15, 0.2) is 133 Å². The molecule has 1 aliphatic carbocycles. The predicted molar refractivity (Wildman–Crippen MR) is 181 cm³/mol. The largest absolute Gasteiger partial charge is 0.208 e. The molecular weight excluding hydrogens is 548 g/mol. The van der Waals surface area contributed by atoms with Crippen molar-refractivity contribution in [3.8, 4) is 62.5 Å². The van der Waals surface area contributed by atoms with Gasteiger partial charge in [-0.25, -0.2) is 15.0 Å². The zero-order chi connectivity index (χ0) is 30.5. The zero-order valence-corrected chi connectivity index (χ0v) is 25.0. The van der Waals surface area contributed by atoms with Crippen LogP contribution in [-0.4, -0.2) is 15.0 Å². The Morgan fingerprint density at radius 3 is 1.78 bits per heavy atom. The van der Waals surface area contributed by atoms with E-state index in [1.54, 1.807) is 0 Å². The maximum absolute atomic E-state index is 9.58. The van der Waals surface area contributed by atoms with E-state index in [2.05, 4.69) is 98.8 Å². The Bertz CT molecular complexity index is 2310. The van der Waals surface area contributed by atoms with E-state index in [1.807, 2.05) is 54.6 Å². The molecule has 0 bridgehead atoms. The van der Waals surface area contributed by atoms with Gasteiger partial charge in [-0.3, -0.25) is 0 Å². The van der Waals surface area contributed by atoms with Crippen LogP contribution in [0.5, 0.6) is 0 Å². The van der Waals surface area contributed by atoms with E-state index in [1.165, 1.54) is 22.1 Å². The third-order valence-electron chi connectivity index (χ3n) is 8.93. The monoisotopic (exact) mass is 576 g/mol. The van der Waals surface area contributed by atoms with Gasteiger partial charge in [0, 0.05) is 22.1 Å². The van der Waals surface area contributed by atoms with Gasteiger partial charge >= 0.3 is 0 Å². The van der Waals surface area contributed by atoms with Gasteiger partial charge in [-0.05, 0) is 74.5 Å². The van der Waals surface area contributed by atoms with E-state index in [0.717, 1.165) is 38.8 Å². The molecule has 45 heavy (non-hydrogen) atoms. The van der Waals surface area contributed by atoms with Gasteiger partial charge in [-0.2, -0.15) is 5.26 Å². The van der Waals surface area contributed by atoms with Gasteiger partial charge in [0.2, 0.25) is 0 Å². The summed E-state index contributed by atoms with van der Waals surface area (Å²) in [5, 5.41) is 11.9. The first-order chi connectivity index (χ1) is 22.0. The van der Waals surface area contributed by atoms with Crippen LogP contribution in [0.2, 0.25) is 0 Å². The van der Waals surface area contributed by atoms with Crippen LogP contribution in [0, 0.1) is 11.3 Å². The van der Waals surface area contributed by atoms with Crippen LogP contribution in [0.4, 0.5) is 0 Å². The summed E-state index contributed by atoms with van der Waals surface area (Å²) in [6.45, 7) is 4.50. The second-order valence-corrected chi connectivity index (χ2v) is 12.1. The second-order valence-electron chi connectivity index (χ2n) is 12.1. The molecule has 0 unspecified atom stereocenters. The van der Waals surface area contributed by atoms with Gasteiger partial charge in [0.25, 0.3) is 0 Å². The van der Waals surface area contributed by atoms with E-state index in [9.17, 15) is 5.26 Å². The van der Waals surface area contributed by atoms with Crippen LogP contribution >= 0.6 is 0 Å². The van der Waals surface area contributed by atoms with Gasteiger partial charge in [-0.15, -0.1) is 0 Å². The third-order valence-corrected chi connectivity index (χ3v) is 8.93. The van der Waals surface area contributed by atoms with Gasteiger partial charge in [-0.1, -0.05) is 117 Å². The van der Waals surface area contributed by atoms with E-state index in [4.69, 9.17) is 15.0 Å². The standard InChI is InChI=1S/C41H28N4/c1-41(2)36-19-15-26(25-42)21-34(36)35-24-31(18-20-37(35)41)30-13-8-14-32(23-30)39-43-38(28-10-4-3-5-11-28)44-40(45-39)33-17-16-27-9-6-7-12-29(27)22-33/h3-24H,1-2H3. The number of rotatable bonds is 4. The molecule has 0 N–H and O–H groups in total. The average Bonchev–Trinajstić information content (AvgIpc) is 3.33. The molecule has 6 aromatic carbocycles. The summed E-state index contributed by atoms with van der Waals surface area (Å²) in [5.74, 6) is 1.90. The minimum atomic E-state index is -0.128. The number of aromatic nitrogens is 3. The van der Waals surface area contributed by atoms with E-state index in [-0.39, 0.29) is 5.41 Å². The minimum absolute atomic E-state index is 0.128. The average molecular weight is 577 g/mol. The van der Waals surface area contributed by atoms with E-state index in [0.29, 0.717) is 23.0 Å². The lowest BCUT2D eigenvalue weighted by molar-refractivity contribution is 0.660. The number of benzene rings is 6. The fourth-order valence-electron chi connectivity index (χ4n) is 6.54. The highest BCUT2D eigenvalue weighted by Crippen LogP contribution is 2.50. The highest BCUT2D eigenvalue weighted by molar-refractivity contribution is 5.87. The molecule has 0 aliphatic heterocycles. The molecule has 8 rings (SSSR count). The van der Waals surface area contributed by atoms with Crippen LogP contribution in [0.1, 0.15) is 30.5 Å². The van der Waals surface area contributed by atoms with Crippen molar-refractivity contribution < 1.29 is 0 Å². The van der Waals surface area contributed by atoms with Gasteiger partial charge in [0.1, 0.15) is 0 Å². The van der Waals surface area contributed by atoms with Crippen molar-refractivity contribution >= 4 is 10.8 Å². The number of hydrogen-bond acceptors (Lipinski definition) is 4. The van der Waals surface area contributed by atoms with Crippen molar-refractivity contribution in [1.82, 2.24) is 15.0 Å². The van der Waals surface area contributed by atoms with Crippen molar-refractivity contribution in [2.45, 2.75) is 19.3 Å². The number of fused-ring (bicyclic) bond motifs is 4. The Hall–Kier alpha value is -5.92. The Morgan fingerprint density at radius 1 is 0.467 bits per heavy atom. The lowest BCUT2D eigenvalue weighted by atomic mass is 9.82. The smallest absolute Gasteiger partial charge is 0.164 e. The molecule has 0 atom stereocenters. The fraction of sp³-hybridized carbons (Fsp3) is 0.0732. The summed E-state index contributed by atoms with van der Waals surface area (Å²) in [6, 6.07) is 48.1. The lowest BCUT2D eigenvalue weighted by Crippen LogP contribution is -2.14. The molecule has 0 amide bonds. The Morgan fingerprint density at radius 2 is 1.02 bits per heavy atom. The van der Waals surface area contributed by atoms with Crippen LogP contribution in [-0.2, 0) is 5.41 Å². The highest BCUT2D eigenvalue weighted by Gasteiger charge is 2.35. The Labute approximate surface area is 262 Å². The maximum Gasteiger partial charge on any atom is 0.164 e. The predicted octanol–water partition coefficient (Wildman–Crippen LogP) is 9.87. The van der Waals surface area contributed by atoms with E-state index < -0.39 is 0 Å². The highest BCUT2D eigenvalue weighted by atomic mass is 15.0. The molecule has 0 spiro atoms. The van der Waals surface area contributed by atoms with E-state index >= 15 is 0 Å². The SMILES string of the molecule is CC1(C)c2ccc(C#N)cc2-c2cc(-c3cccc(-c4nc(-c5ccccc5)nc(-c5ccc6ccccc6c5)n4)c3)ccc21.